The van der Waals surface area contributed by atoms with Gasteiger partial charge in [-0.3, -0.25) is 10.7 Å². The lowest BCUT2D eigenvalue weighted by atomic mass is 10.0. The van der Waals surface area contributed by atoms with Crippen molar-refractivity contribution in [3.05, 3.63) is 64.9 Å². The Hall–Kier alpha value is -2.66. The molecule has 0 atom stereocenters. The molecule has 0 saturated carbocycles. The highest BCUT2D eigenvalue weighted by Crippen LogP contribution is 2.17. The molecule has 1 heterocycles. The van der Waals surface area contributed by atoms with Crippen molar-refractivity contribution in [2.45, 2.75) is 13.3 Å². The van der Waals surface area contributed by atoms with E-state index in [4.69, 9.17) is 10.3 Å². The SMILES string of the molecule is CC(=Cc1ccc(Cc2cccnc2NO)cc1)C(=O)O. The van der Waals surface area contributed by atoms with Gasteiger partial charge in [-0.25, -0.2) is 9.78 Å². The van der Waals surface area contributed by atoms with E-state index in [1.807, 2.05) is 36.4 Å². The van der Waals surface area contributed by atoms with Crippen LogP contribution < -0.4 is 5.48 Å². The van der Waals surface area contributed by atoms with E-state index < -0.39 is 5.97 Å². The third-order valence-corrected chi connectivity index (χ3v) is 3.09. The number of pyridine rings is 1. The van der Waals surface area contributed by atoms with E-state index in [1.54, 1.807) is 19.2 Å². The Morgan fingerprint density at radius 1 is 1.29 bits per heavy atom. The van der Waals surface area contributed by atoms with Crippen LogP contribution in [0, 0.1) is 0 Å². The van der Waals surface area contributed by atoms with Gasteiger partial charge in [-0.1, -0.05) is 30.3 Å². The van der Waals surface area contributed by atoms with Crippen molar-refractivity contribution in [1.82, 2.24) is 4.98 Å². The molecule has 0 aliphatic rings. The van der Waals surface area contributed by atoms with Gasteiger partial charge in [0.25, 0.3) is 0 Å². The summed E-state index contributed by atoms with van der Waals surface area (Å²) in [6.45, 7) is 1.56. The summed E-state index contributed by atoms with van der Waals surface area (Å²) in [4.78, 5) is 14.8. The second kappa shape index (κ2) is 6.67. The molecule has 0 amide bonds. The molecule has 0 radical (unpaired) electrons. The average Bonchev–Trinajstić information content (AvgIpc) is 2.49. The van der Waals surface area contributed by atoms with Crippen molar-refractivity contribution in [2.24, 2.45) is 0 Å². The highest BCUT2D eigenvalue weighted by molar-refractivity contribution is 5.91. The minimum absolute atomic E-state index is 0.293. The third-order valence-electron chi connectivity index (χ3n) is 3.09. The summed E-state index contributed by atoms with van der Waals surface area (Å²) in [5.41, 5.74) is 5.14. The number of carboxylic acid groups (broad SMARTS) is 1. The van der Waals surface area contributed by atoms with Crippen LogP contribution in [-0.2, 0) is 11.2 Å². The van der Waals surface area contributed by atoms with Crippen LogP contribution in [0.15, 0.2) is 48.2 Å². The third kappa shape index (κ3) is 3.90. The standard InChI is InChI=1S/C16H16N2O3/c1-11(16(19)20)9-12-4-6-13(7-5-12)10-14-3-2-8-17-15(14)18-21/h2-9,21H,10H2,1H3,(H,17,18)(H,19,20). The van der Waals surface area contributed by atoms with Gasteiger partial charge in [0.1, 0.15) is 0 Å². The Labute approximate surface area is 122 Å². The minimum atomic E-state index is -0.923. The number of anilines is 1. The van der Waals surface area contributed by atoms with Gasteiger partial charge in [0.05, 0.1) is 0 Å². The maximum absolute atomic E-state index is 10.8. The van der Waals surface area contributed by atoms with Gasteiger partial charge in [-0.2, -0.15) is 0 Å². The first kappa shape index (κ1) is 14.7. The molecule has 3 N–H and O–H groups in total. The van der Waals surface area contributed by atoms with Gasteiger partial charge < -0.3 is 5.11 Å². The summed E-state index contributed by atoms with van der Waals surface area (Å²) in [5.74, 6) is -0.490. The Morgan fingerprint density at radius 2 is 2.00 bits per heavy atom. The number of hydrogen-bond acceptors (Lipinski definition) is 4. The fourth-order valence-corrected chi connectivity index (χ4v) is 1.95. The number of benzene rings is 1. The molecule has 2 rings (SSSR count). The van der Waals surface area contributed by atoms with E-state index in [9.17, 15) is 4.79 Å². The van der Waals surface area contributed by atoms with Gasteiger partial charge in [0, 0.05) is 23.8 Å². The van der Waals surface area contributed by atoms with Gasteiger partial charge in [0.2, 0.25) is 0 Å². The minimum Gasteiger partial charge on any atom is -0.478 e. The summed E-state index contributed by atoms with van der Waals surface area (Å²) in [6.07, 6.45) is 3.85. The lowest BCUT2D eigenvalue weighted by molar-refractivity contribution is -0.132. The van der Waals surface area contributed by atoms with Gasteiger partial charge in [-0.05, 0) is 30.2 Å². The molecule has 5 nitrogen and oxygen atoms in total. The summed E-state index contributed by atoms with van der Waals surface area (Å²) in [5, 5.41) is 17.9. The van der Waals surface area contributed by atoms with E-state index in [-0.39, 0.29) is 0 Å². The number of nitrogens with zero attached hydrogens (tertiary/aromatic N) is 1. The van der Waals surface area contributed by atoms with Crippen LogP contribution in [0.4, 0.5) is 5.82 Å². The van der Waals surface area contributed by atoms with Crippen LogP contribution in [-0.4, -0.2) is 21.3 Å². The smallest absolute Gasteiger partial charge is 0.331 e. The van der Waals surface area contributed by atoms with Crippen LogP contribution in [0.2, 0.25) is 0 Å². The molecule has 0 aliphatic heterocycles. The molecule has 0 aliphatic carbocycles. The van der Waals surface area contributed by atoms with E-state index >= 15 is 0 Å². The van der Waals surface area contributed by atoms with Crippen molar-refractivity contribution in [3.8, 4) is 0 Å². The number of carbonyl (C=O) groups is 1. The second-order valence-electron chi connectivity index (χ2n) is 4.67. The predicted octanol–water partition coefficient (Wildman–Crippen LogP) is 2.96. The number of rotatable bonds is 5. The second-order valence-corrected chi connectivity index (χ2v) is 4.67. The molecule has 0 saturated heterocycles. The molecule has 21 heavy (non-hydrogen) atoms. The fraction of sp³-hybridized carbons (Fsp3) is 0.125. The van der Waals surface area contributed by atoms with Crippen molar-refractivity contribution in [3.63, 3.8) is 0 Å². The van der Waals surface area contributed by atoms with Crippen molar-refractivity contribution in [2.75, 3.05) is 5.48 Å². The maximum atomic E-state index is 10.8. The zero-order valence-corrected chi connectivity index (χ0v) is 11.6. The van der Waals surface area contributed by atoms with Crippen LogP contribution in [0.25, 0.3) is 6.08 Å². The number of aromatic nitrogens is 1. The first-order valence-corrected chi connectivity index (χ1v) is 6.44. The number of nitrogens with one attached hydrogen (secondary N) is 1. The first-order chi connectivity index (χ1) is 10.1. The monoisotopic (exact) mass is 284 g/mol. The van der Waals surface area contributed by atoms with Crippen molar-refractivity contribution >= 4 is 17.9 Å². The molecule has 108 valence electrons. The molecule has 0 unspecified atom stereocenters. The number of aliphatic carboxylic acids is 1. The predicted molar refractivity (Wildman–Crippen MR) is 80.2 cm³/mol. The van der Waals surface area contributed by atoms with Gasteiger partial charge in [0.15, 0.2) is 5.82 Å². The van der Waals surface area contributed by atoms with Crippen molar-refractivity contribution in [1.29, 1.82) is 0 Å². The van der Waals surface area contributed by atoms with E-state index in [0.29, 0.717) is 17.8 Å². The van der Waals surface area contributed by atoms with E-state index in [1.165, 1.54) is 0 Å². The molecule has 0 bridgehead atoms. The summed E-state index contributed by atoms with van der Waals surface area (Å²) < 4.78 is 0. The van der Waals surface area contributed by atoms with Gasteiger partial charge in [-0.15, -0.1) is 0 Å². The van der Waals surface area contributed by atoms with Crippen LogP contribution in [0.5, 0.6) is 0 Å². The van der Waals surface area contributed by atoms with Crippen molar-refractivity contribution < 1.29 is 15.1 Å². The topological polar surface area (TPSA) is 82.5 Å². The zero-order chi connectivity index (χ0) is 15.2. The average molecular weight is 284 g/mol. The lowest BCUT2D eigenvalue weighted by Crippen LogP contribution is -1.99. The molecule has 0 spiro atoms. The highest BCUT2D eigenvalue weighted by atomic mass is 16.5. The Morgan fingerprint density at radius 3 is 2.62 bits per heavy atom. The zero-order valence-electron chi connectivity index (χ0n) is 11.6. The number of hydrogen-bond donors (Lipinski definition) is 3. The van der Waals surface area contributed by atoms with Crippen LogP contribution in [0.1, 0.15) is 23.6 Å². The van der Waals surface area contributed by atoms with Crippen LogP contribution in [0.3, 0.4) is 0 Å². The molecule has 0 fully saturated rings. The Balaban J connectivity index is 2.16. The molecule has 5 heteroatoms. The van der Waals surface area contributed by atoms with E-state index in [0.717, 1.165) is 16.7 Å². The number of carboxylic acids is 1. The summed E-state index contributed by atoms with van der Waals surface area (Å²) in [7, 11) is 0. The normalized spacial score (nSPS) is 11.2. The lowest BCUT2D eigenvalue weighted by Gasteiger charge is -2.07. The molecular formula is C16H16N2O3. The molecule has 1 aromatic carbocycles. The van der Waals surface area contributed by atoms with E-state index in [2.05, 4.69) is 10.5 Å². The van der Waals surface area contributed by atoms with Gasteiger partial charge >= 0.3 is 5.97 Å². The highest BCUT2D eigenvalue weighted by Gasteiger charge is 2.04. The summed E-state index contributed by atoms with van der Waals surface area (Å²) in [6, 6.07) is 11.3. The Bertz CT molecular complexity index is 663. The quantitative estimate of drug-likeness (QED) is 0.581. The molecular weight excluding hydrogens is 268 g/mol. The fourth-order valence-electron chi connectivity index (χ4n) is 1.95. The Kier molecular flexibility index (Phi) is 4.68. The first-order valence-electron chi connectivity index (χ1n) is 6.44. The molecule has 1 aromatic heterocycles. The molecule has 2 aromatic rings. The maximum Gasteiger partial charge on any atom is 0.331 e. The largest absolute Gasteiger partial charge is 0.478 e. The van der Waals surface area contributed by atoms with Crippen LogP contribution >= 0.6 is 0 Å². The summed E-state index contributed by atoms with van der Waals surface area (Å²) >= 11 is 0.